The normalized spacial score (nSPS) is 11.5. The Morgan fingerprint density at radius 1 is 1.19 bits per heavy atom. The highest BCUT2D eigenvalue weighted by molar-refractivity contribution is 6.29. The molecule has 0 radical (unpaired) electrons. The molecule has 112 valence electrons. The number of rotatable bonds is 3. The van der Waals surface area contributed by atoms with E-state index in [1.54, 1.807) is 19.1 Å². The summed E-state index contributed by atoms with van der Waals surface area (Å²) in [6.07, 6.45) is -4.57. The van der Waals surface area contributed by atoms with Gasteiger partial charge in [0.1, 0.15) is 11.0 Å². The predicted octanol–water partition coefficient (Wildman–Crippen LogP) is 4.81. The van der Waals surface area contributed by atoms with Crippen molar-refractivity contribution in [2.24, 2.45) is 0 Å². The fourth-order valence-corrected chi connectivity index (χ4v) is 2.02. The number of halogens is 5. The third-order valence-electron chi connectivity index (χ3n) is 2.82. The molecule has 0 saturated carbocycles. The van der Waals surface area contributed by atoms with E-state index in [1.807, 2.05) is 0 Å². The number of nitrogens with one attached hydrogen (secondary N) is 1. The number of alkyl halides is 3. The highest BCUT2D eigenvalue weighted by Gasteiger charge is 2.31. The topological polar surface area (TPSA) is 24.9 Å². The van der Waals surface area contributed by atoms with Crippen LogP contribution in [0.4, 0.5) is 23.2 Å². The van der Waals surface area contributed by atoms with Gasteiger partial charge in [0, 0.05) is 6.54 Å². The van der Waals surface area contributed by atoms with E-state index in [4.69, 9.17) is 11.6 Å². The zero-order valence-corrected chi connectivity index (χ0v) is 11.7. The summed E-state index contributed by atoms with van der Waals surface area (Å²) in [7, 11) is 0. The Morgan fingerprint density at radius 3 is 2.52 bits per heavy atom. The lowest BCUT2D eigenvalue weighted by atomic mass is 10.1. The summed E-state index contributed by atoms with van der Waals surface area (Å²) >= 11 is 5.71. The van der Waals surface area contributed by atoms with E-state index in [2.05, 4.69) is 10.3 Å². The minimum atomic E-state index is -4.57. The molecular formula is C14H11ClF4N2. The van der Waals surface area contributed by atoms with Crippen LogP contribution >= 0.6 is 11.6 Å². The molecule has 7 heteroatoms. The molecule has 0 unspecified atom stereocenters. The minimum absolute atomic E-state index is 0.0466. The monoisotopic (exact) mass is 318 g/mol. The molecule has 0 aliphatic rings. The first-order valence-electron chi connectivity index (χ1n) is 5.99. The van der Waals surface area contributed by atoms with Gasteiger partial charge in [-0.3, -0.25) is 0 Å². The van der Waals surface area contributed by atoms with E-state index >= 15 is 0 Å². The van der Waals surface area contributed by atoms with Crippen molar-refractivity contribution >= 4 is 17.3 Å². The first-order valence-corrected chi connectivity index (χ1v) is 6.37. The summed E-state index contributed by atoms with van der Waals surface area (Å²) in [6.45, 7) is 1.76. The molecule has 2 rings (SSSR count). The second-order valence-electron chi connectivity index (χ2n) is 4.47. The first kappa shape index (κ1) is 15.6. The van der Waals surface area contributed by atoms with Gasteiger partial charge in [0.25, 0.3) is 0 Å². The predicted molar refractivity (Wildman–Crippen MR) is 72.7 cm³/mol. The first-order chi connectivity index (χ1) is 9.75. The van der Waals surface area contributed by atoms with Gasteiger partial charge in [-0.25, -0.2) is 9.37 Å². The van der Waals surface area contributed by atoms with Gasteiger partial charge in [-0.05, 0) is 42.8 Å². The SMILES string of the molecule is Cc1nc(Cl)ccc1NCc1cc(F)cc(C(F)(F)F)c1. The molecule has 0 fully saturated rings. The van der Waals surface area contributed by atoms with Crippen molar-refractivity contribution in [1.29, 1.82) is 0 Å². The van der Waals surface area contributed by atoms with Crippen molar-refractivity contribution < 1.29 is 17.6 Å². The van der Waals surface area contributed by atoms with Gasteiger partial charge < -0.3 is 5.32 Å². The molecule has 0 saturated heterocycles. The van der Waals surface area contributed by atoms with Crippen molar-refractivity contribution in [3.63, 3.8) is 0 Å². The lowest BCUT2D eigenvalue weighted by molar-refractivity contribution is -0.137. The third-order valence-corrected chi connectivity index (χ3v) is 3.03. The van der Waals surface area contributed by atoms with Crippen molar-refractivity contribution in [3.05, 3.63) is 58.1 Å². The van der Waals surface area contributed by atoms with Crippen LogP contribution in [0, 0.1) is 12.7 Å². The van der Waals surface area contributed by atoms with E-state index in [9.17, 15) is 17.6 Å². The van der Waals surface area contributed by atoms with E-state index in [-0.39, 0.29) is 12.1 Å². The average molecular weight is 319 g/mol. The Morgan fingerprint density at radius 2 is 1.90 bits per heavy atom. The maximum Gasteiger partial charge on any atom is 0.416 e. The van der Waals surface area contributed by atoms with Crippen LogP contribution in [0.5, 0.6) is 0 Å². The standard InChI is InChI=1S/C14H11ClF4N2/c1-8-12(2-3-13(15)21-8)20-7-9-4-10(14(17,18)19)6-11(16)5-9/h2-6,20H,7H2,1H3. The average Bonchev–Trinajstić information content (AvgIpc) is 2.36. The molecule has 0 aliphatic heterocycles. The fourth-order valence-electron chi connectivity index (χ4n) is 1.83. The molecule has 0 bridgehead atoms. The van der Waals surface area contributed by atoms with Crippen molar-refractivity contribution in [1.82, 2.24) is 4.98 Å². The summed E-state index contributed by atoms with van der Waals surface area (Å²) < 4.78 is 51.1. The lowest BCUT2D eigenvalue weighted by Gasteiger charge is -2.12. The van der Waals surface area contributed by atoms with Crippen molar-refractivity contribution in [2.75, 3.05) is 5.32 Å². The van der Waals surface area contributed by atoms with E-state index in [0.29, 0.717) is 22.6 Å². The Hall–Kier alpha value is -1.82. The van der Waals surface area contributed by atoms with Crippen molar-refractivity contribution in [3.8, 4) is 0 Å². The van der Waals surface area contributed by atoms with Gasteiger partial charge in [-0.15, -0.1) is 0 Å². The maximum absolute atomic E-state index is 13.3. The molecule has 1 aromatic carbocycles. The molecule has 1 N–H and O–H groups in total. The van der Waals surface area contributed by atoms with Crippen molar-refractivity contribution in [2.45, 2.75) is 19.6 Å². The summed E-state index contributed by atoms with van der Waals surface area (Å²) in [5.41, 5.74) is 0.411. The van der Waals surface area contributed by atoms with Gasteiger partial charge in [0.2, 0.25) is 0 Å². The molecule has 1 aromatic heterocycles. The largest absolute Gasteiger partial charge is 0.416 e. The summed E-state index contributed by atoms with van der Waals surface area (Å²) in [4.78, 5) is 4.01. The Balaban J connectivity index is 2.18. The number of aromatic nitrogens is 1. The third kappa shape index (κ3) is 4.07. The van der Waals surface area contributed by atoms with Crippen LogP contribution in [0.25, 0.3) is 0 Å². The van der Waals surface area contributed by atoms with Crippen LogP contribution in [0.1, 0.15) is 16.8 Å². The van der Waals surface area contributed by atoms with E-state index in [1.165, 1.54) is 0 Å². The Bertz CT molecular complexity index is 656. The second-order valence-corrected chi connectivity index (χ2v) is 4.85. The number of anilines is 1. The second kappa shape index (κ2) is 5.89. The van der Waals surface area contributed by atoms with E-state index in [0.717, 1.165) is 12.1 Å². The minimum Gasteiger partial charge on any atom is -0.379 e. The maximum atomic E-state index is 13.3. The zero-order chi connectivity index (χ0) is 15.6. The molecule has 0 atom stereocenters. The van der Waals surface area contributed by atoms with Gasteiger partial charge in [0.15, 0.2) is 0 Å². The molecule has 21 heavy (non-hydrogen) atoms. The van der Waals surface area contributed by atoms with E-state index < -0.39 is 17.6 Å². The van der Waals surface area contributed by atoms with Gasteiger partial charge >= 0.3 is 6.18 Å². The molecule has 0 aliphatic carbocycles. The molecular weight excluding hydrogens is 308 g/mol. The molecule has 2 aromatic rings. The molecule has 1 heterocycles. The van der Waals surface area contributed by atoms with Crippen LogP contribution in [-0.4, -0.2) is 4.98 Å². The number of benzene rings is 1. The summed E-state index contributed by atoms with van der Waals surface area (Å²) in [5.74, 6) is -0.924. The Labute approximate surface area is 123 Å². The smallest absolute Gasteiger partial charge is 0.379 e. The lowest BCUT2D eigenvalue weighted by Crippen LogP contribution is -2.08. The Kier molecular flexibility index (Phi) is 4.37. The molecule has 0 spiro atoms. The van der Waals surface area contributed by atoms with Gasteiger partial charge in [-0.2, -0.15) is 13.2 Å². The number of hydrogen-bond donors (Lipinski definition) is 1. The highest BCUT2D eigenvalue weighted by atomic mass is 35.5. The highest BCUT2D eigenvalue weighted by Crippen LogP contribution is 2.30. The number of hydrogen-bond acceptors (Lipinski definition) is 2. The number of nitrogens with zero attached hydrogens (tertiary/aromatic N) is 1. The molecule has 0 amide bonds. The van der Waals surface area contributed by atoms with Crippen LogP contribution in [-0.2, 0) is 12.7 Å². The fraction of sp³-hybridized carbons (Fsp3) is 0.214. The van der Waals surface area contributed by atoms with Gasteiger partial charge in [0.05, 0.1) is 16.9 Å². The molecule has 2 nitrogen and oxygen atoms in total. The van der Waals surface area contributed by atoms with Crippen LogP contribution < -0.4 is 5.32 Å². The van der Waals surface area contributed by atoms with Crippen LogP contribution in [0.2, 0.25) is 5.15 Å². The summed E-state index contributed by atoms with van der Waals surface area (Å²) in [6, 6.07) is 5.66. The van der Waals surface area contributed by atoms with Crippen LogP contribution in [0.3, 0.4) is 0 Å². The zero-order valence-electron chi connectivity index (χ0n) is 10.9. The van der Waals surface area contributed by atoms with Gasteiger partial charge in [-0.1, -0.05) is 11.6 Å². The quantitative estimate of drug-likeness (QED) is 0.648. The van der Waals surface area contributed by atoms with Crippen LogP contribution in [0.15, 0.2) is 30.3 Å². The number of pyridine rings is 1. The summed E-state index contributed by atoms with van der Waals surface area (Å²) in [5, 5.41) is 3.23. The number of aryl methyl sites for hydroxylation is 1.